The van der Waals surface area contributed by atoms with Crippen LogP contribution < -0.4 is 5.11 Å². The predicted molar refractivity (Wildman–Crippen MR) is 24.4 cm³/mol. The second-order valence-electron chi connectivity index (χ2n) is 1.21. The van der Waals surface area contributed by atoms with E-state index < -0.39 is 11.5 Å². The van der Waals surface area contributed by atoms with Crippen molar-refractivity contribution in [2.24, 2.45) is 0 Å². The predicted octanol–water partition coefficient (Wildman–Crippen LogP) is -0.160. The summed E-state index contributed by atoms with van der Waals surface area (Å²) in [7, 11) is 0. The Morgan fingerprint density at radius 3 is 2.14 bits per heavy atom. The molecule has 0 saturated carbocycles. The Hall–Kier alpha value is -0.790. The Morgan fingerprint density at radius 2 is 2.14 bits per heavy atom. The fourth-order valence-corrected chi connectivity index (χ4v) is 0.203. The standard InChI is InChI=1S/C5H8O2/c1-3-5(7)4(2)6/h3,7H,1-2H3/p-1/b5-3-. The maximum absolute atomic E-state index is 10.1. The van der Waals surface area contributed by atoms with Gasteiger partial charge in [0.1, 0.15) is 5.78 Å². The number of Topliss-reactive ketones (excluding diaryl/α,β-unsaturated/α-hetero) is 1. The van der Waals surface area contributed by atoms with Gasteiger partial charge < -0.3 is 5.11 Å². The summed E-state index contributed by atoms with van der Waals surface area (Å²) in [6.45, 7) is 2.80. The van der Waals surface area contributed by atoms with E-state index in [0.717, 1.165) is 0 Å². The summed E-state index contributed by atoms with van der Waals surface area (Å²) in [4.78, 5) is 9.99. The first-order chi connectivity index (χ1) is 3.18. The van der Waals surface area contributed by atoms with Crippen LogP contribution in [0.1, 0.15) is 13.8 Å². The quantitative estimate of drug-likeness (QED) is 0.338. The first kappa shape index (κ1) is 6.21. The lowest BCUT2D eigenvalue weighted by molar-refractivity contribution is -0.298. The van der Waals surface area contributed by atoms with Gasteiger partial charge in [-0.3, -0.25) is 4.79 Å². The molecule has 0 saturated heterocycles. The van der Waals surface area contributed by atoms with Crippen molar-refractivity contribution in [2.45, 2.75) is 13.8 Å². The number of allylic oxidation sites excluding steroid dienone is 2. The van der Waals surface area contributed by atoms with Gasteiger partial charge in [0.05, 0.1) is 0 Å². The summed E-state index contributed by atoms with van der Waals surface area (Å²) in [5.41, 5.74) is 0. The van der Waals surface area contributed by atoms with Crippen LogP contribution in [0.25, 0.3) is 0 Å². The van der Waals surface area contributed by atoms with Crippen LogP contribution in [0.5, 0.6) is 0 Å². The minimum Gasteiger partial charge on any atom is -0.870 e. The van der Waals surface area contributed by atoms with Crippen molar-refractivity contribution in [2.75, 3.05) is 0 Å². The van der Waals surface area contributed by atoms with Crippen LogP contribution in [-0.2, 0) is 4.79 Å². The Balaban J connectivity index is 3.82. The highest BCUT2D eigenvalue weighted by atomic mass is 16.3. The van der Waals surface area contributed by atoms with Crippen LogP contribution in [0.3, 0.4) is 0 Å². The molecule has 0 aromatic heterocycles. The molecule has 0 radical (unpaired) electrons. The van der Waals surface area contributed by atoms with Crippen LogP contribution in [-0.4, -0.2) is 5.78 Å². The van der Waals surface area contributed by atoms with Gasteiger partial charge in [-0.05, 0) is 13.8 Å². The third-order valence-electron chi connectivity index (χ3n) is 0.609. The Bertz CT molecular complexity index is 103. The number of ketones is 1. The Morgan fingerprint density at radius 1 is 1.71 bits per heavy atom. The molecule has 0 N–H and O–H groups in total. The maximum Gasteiger partial charge on any atom is 0.144 e. The van der Waals surface area contributed by atoms with Crippen molar-refractivity contribution < 1.29 is 9.90 Å². The van der Waals surface area contributed by atoms with Gasteiger partial charge in [0.2, 0.25) is 0 Å². The molecule has 0 spiro atoms. The lowest BCUT2D eigenvalue weighted by atomic mass is 10.3. The average molecular weight is 99.1 g/mol. The van der Waals surface area contributed by atoms with E-state index in [1.54, 1.807) is 6.92 Å². The van der Waals surface area contributed by atoms with Gasteiger partial charge in [-0.25, -0.2) is 0 Å². The van der Waals surface area contributed by atoms with Crippen molar-refractivity contribution in [1.82, 2.24) is 0 Å². The molecule has 2 heteroatoms. The van der Waals surface area contributed by atoms with Gasteiger partial charge in [-0.1, -0.05) is 11.8 Å². The zero-order chi connectivity index (χ0) is 5.86. The Kier molecular flexibility index (Phi) is 2.12. The van der Waals surface area contributed by atoms with Crippen LogP contribution in [0.15, 0.2) is 11.8 Å². The third kappa shape index (κ3) is 1.98. The first-order valence-corrected chi connectivity index (χ1v) is 2.02. The lowest BCUT2D eigenvalue weighted by Gasteiger charge is -2.02. The minimum absolute atomic E-state index is 0.400. The van der Waals surface area contributed by atoms with E-state index in [1.165, 1.54) is 13.0 Å². The SMILES string of the molecule is C/C=C(\[O-])C(C)=O. The van der Waals surface area contributed by atoms with E-state index in [0.29, 0.717) is 0 Å². The van der Waals surface area contributed by atoms with E-state index in [4.69, 9.17) is 0 Å². The van der Waals surface area contributed by atoms with Gasteiger partial charge >= 0.3 is 0 Å². The highest BCUT2D eigenvalue weighted by Crippen LogP contribution is 1.80. The second-order valence-corrected chi connectivity index (χ2v) is 1.21. The molecule has 7 heavy (non-hydrogen) atoms. The molecule has 0 amide bonds. The number of hydrogen-bond acceptors (Lipinski definition) is 2. The summed E-state index contributed by atoms with van der Waals surface area (Å²) < 4.78 is 0. The largest absolute Gasteiger partial charge is 0.870 e. The second kappa shape index (κ2) is 2.39. The van der Waals surface area contributed by atoms with Gasteiger partial charge in [-0.2, -0.15) is 0 Å². The zero-order valence-electron chi connectivity index (χ0n) is 4.39. The van der Waals surface area contributed by atoms with Crippen molar-refractivity contribution in [3.63, 3.8) is 0 Å². The number of carbonyl (C=O) groups excluding carboxylic acids is 1. The van der Waals surface area contributed by atoms with Gasteiger partial charge in [0, 0.05) is 0 Å². The van der Waals surface area contributed by atoms with Crippen LogP contribution in [0, 0.1) is 0 Å². The Labute approximate surface area is 42.5 Å². The molecule has 0 aliphatic rings. The topological polar surface area (TPSA) is 40.1 Å². The fraction of sp³-hybridized carbons (Fsp3) is 0.400. The summed E-state index contributed by atoms with van der Waals surface area (Å²) in [6.07, 6.45) is 1.25. The van der Waals surface area contributed by atoms with E-state index in [2.05, 4.69) is 0 Å². The zero-order valence-corrected chi connectivity index (χ0v) is 4.39. The van der Waals surface area contributed by atoms with Crippen molar-refractivity contribution in [1.29, 1.82) is 0 Å². The lowest BCUT2D eigenvalue weighted by Crippen LogP contribution is -2.10. The van der Waals surface area contributed by atoms with E-state index >= 15 is 0 Å². The average Bonchev–Trinajstić information content (AvgIpc) is 1.65. The van der Waals surface area contributed by atoms with Gasteiger partial charge in [0.25, 0.3) is 0 Å². The smallest absolute Gasteiger partial charge is 0.144 e. The van der Waals surface area contributed by atoms with Crippen molar-refractivity contribution in [3.05, 3.63) is 11.8 Å². The highest BCUT2D eigenvalue weighted by molar-refractivity contribution is 5.89. The summed E-state index contributed by atoms with van der Waals surface area (Å²) in [5, 5.41) is 10.1. The summed E-state index contributed by atoms with van der Waals surface area (Å²) in [6, 6.07) is 0. The number of carbonyl (C=O) groups is 1. The van der Waals surface area contributed by atoms with E-state index in [9.17, 15) is 9.90 Å². The van der Waals surface area contributed by atoms with Gasteiger partial charge in [0.15, 0.2) is 0 Å². The summed E-state index contributed by atoms with van der Waals surface area (Å²) in [5.74, 6) is -0.817. The fourth-order valence-electron chi connectivity index (χ4n) is 0.203. The molecular weight excluding hydrogens is 92.1 g/mol. The molecule has 0 atom stereocenters. The van der Waals surface area contributed by atoms with E-state index in [-0.39, 0.29) is 0 Å². The van der Waals surface area contributed by atoms with Crippen LogP contribution in [0.2, 0.25) is 0 Å². The molecule has 0 aliphatic carbocycles. The third-order valence-corrected chi connectivity index (χ3v) is 0.609. The monoisotopic (exact) mass is 99.0 g/mol. The normalized spacial score (nSPS) is 11.4. The van der Waals surface area contributed by atoms with Crippen molar-refractivity contribution >= 4 is 5.78 Å². The number of hydrogen-bond donors (Lipinski definition) is 0. The molecule has 0 fully saturated rings. The van der Waals surface area contributed by atoms with E-state index in [1.807, 2.05) is 0 Å². The van der Waals surface area contributed by atoms with Crippen molar-refractivity contribution in [3.8, 4) is 0 Å². The molecule has 0 heterocycles. The van der Waals surface area contributed by atoms with Crippen LogP contribution in [0.4, 0.5) is 0 Å². The maximum atomic E-state index is 10.1. The first-order valence-electron chi connectivity index (χ1n) is 2.02. The molecule has 0 rings (SSSR count). The highest BCUT2D eigenvalue weighted by Gasteiger charge is 1.81. The molecule has 0 aliphatic heterocycles. The molecule has 0 bridgehead atoms. The minimum atomic E-state index is -0.417. The molecular formula is C5H7O2-. The molecule has 0 unspecified atom stereocenters. The molecule has 0 aromatic rings. The van der Waals surface area contributed by atoms with Crippen LogP contribution >= 0.6 is 0 Å². The number of rotatable bonds is 1. The molecule has 0 aromatic carbocycles. The summed E-state index contributed by atoms with van der Waals surface area (Å²) >= 11 is 0. The van der Waals surface area contributed by atoms with Gasteiger partial charge in [-0.15, -0.1) is 0 Å². The molecule has 2 nitrogen and oxygen atoms in total. The molecule has 40 valence electrons.